The molecule has 12 heteroatoms. The number of aromatic nitrogens is 3. The summed E-state index contributed by atoms with van der Waals surface area (Å²) < 4.78 is 105. The summed E-state index contributed by atoms with van der Waals surface area (Å²) in [7, 11) is -3.48. The maximum Gasteiger partial charge on any atom is 0.434 e. The van der Waals surface area contributed by atoms with E-state index in [1.807, 2.05) is 0 Å². The van der Waals surface area contributed by atoms with E-state index in [0.717, 1.165) is 29.0 Å². The first-order valence-corrected chi connectivity index (χ1v) is 11.7. The number of pyridine rings is 1. The van der Waals surface area contributed by atoms with Crippen molar-refractivity contribution in [1.82, 2.24) is 14.5 Å². The molecule has 4 rings (SSSR count). The van der Waals surface area contributed by atoms with Crippen molar-refractivity contribution < 1.29 is 34.8 Å². The summed E-state index contributed by atoms with van der Waals surface area (Å²) in [6.07, 6.45) is -6.82. The molecule has 0 aliphatic rings. The van der Waals surface area contributed by atoms with Crippen molar-refractivity contribution in [1.29, 1.82) is 0 Å². The molecule has 182 valence electrons. The standard InChI is InChI=1S/C23H15F6N3O2S/c1-35(33,34)16-6-4-5-14(11-16)15-9-10-20(30-12-15)32-13-19(23(27,28)29)31-21(32)17-7-2-3-8-18(17)22(24,25)26/h2-13H,1H3. The van der Waals surface area contributed by atoms with Gasteiger partial charge in [0, 0.05) is 29.8 Å². The molecular formula is C23H15F6N3O2S. The van der Waals surface area contributed by atoms with E-state index in [9.17, 15) is 34.8 Å². The molecule has 0 radical (unpaired) electrons. The normalized spacial score (nSPS) is 12.7. The molecule has 0 unspecified atom stereocenters. The number of hydrogen-bond donors (Lipinski definition) is 0. The van der Waals surface area contributed by atoms with Crippen LogP contribution in [0.1, 0.15) is 11.3 Å². The van der Waals surface area contributed by atoms with E-state index < -0.39 is 44.8 Å². The summed E-state index contributed by atoms with van der Waals surface area (Å²) in [5.74, 6) is -0.687. The molecule has 0 aliphatic carbocycles. The van der Waals surface area contributed by atoms with Crippen LogP contribution in [0.3, 0.4) is 0 Å². The van der Waals surface area contributed by atoms with Gasteiger partial charge in [0.05, 0.1) is 10.5 Å². The lowest BCUT2D eigenvalue weighted by Crippen LogP contribution is -2.09. The molecule has 0 saturated carbocycles. The molecule has 2 aromatic carbocycles. The van der Waals surface area contributed by atoms with Crippen molar-refractivity contribution in [3.05, 3.63) is 84.3 Å². The Labute approximate surface area is 195 Å². The molecular weight excluding hydrogens is 496 g/mol. The fourth-order valence-electron chi connectivity index (χ4n) is 3.41. The van der Waals surface area contributed by atoms with Crippen molar-refractivity contribution in [3.63, 3.8) is 0 Å². The van der Waals surface area contributed by atoms with Gasteiger partial charge in [0.1, 0.15) is 11.6 Å². The zero-order valence-electron chi connectivity index (χ0n) is 17.8. The summed E-state index contributed by atoms with van der Waals surface area (Å²) in [5, 5.41) is 0. The summed E-state index contributed by atoms with van der Waals surface area (Å²) >= 11 is 0. The summed E-state index contributed by atoms with van der Waals surface area (Å²) in [5.41, 5.74) is -2.13. The zero-order valence-corrected chi connectivity index (χ0v) is 18.6. The first-order chi connectivity index (χ1) is 16.2. The number of rotatable bonds is 4. The van der Waals surface area contributed by atoms with Crippen LogP contribution in [0, 0.1) is 0 Å². The Balaban J connectivity index is 1.84. The predicted molar refractivity (Wildman–Crippen MR) is 115 cm³/mol. The molecule has 35 heavy (non-hydrogen) atoms. The van der Waals surface area contributed by atoms with Crippen molar-refractivity contribution in [2.75, 3.05) is 6.26 Å². The van der Waals surface area contributed by atoms with Crippen molar-refractivity contribution in [2.24, 2.45) is 0 Å². The zero-order chi connectivity index (χ0) is 25.6. The third-order valence-electron chi connectivity index (χ3n) is 5.06. The molecule has 0 amide bonds. The maximum absolute atomic E-state index is 13.5. The number of benzene rings is 2. The number of halogens is 6. The molecule has 0 atom stereocenters. The van der Waals surface area contributed by atoms with Crippen LogP contribution in [0.15, 0.2) is 78.0 Å². The number of alkyl halides is 6. The van der Waals surface area contributed by atoms with Crippen LogP contribution in [-0.4, -0.2) is 29.2 Å². The highest BCUT2D eigenvalue weighted by Gasteiger charge is 2.38. The third kappa shape index (κ3) is 5.06. The smallest absolute Gasteiger partial charge is 0.283 e. The van der Waals surface area contributed by atoms with E-state index >= 15 is 0 Å². The highest BCUT2D eigenvalue weighted by atomic mass is 32.2. The second kappa shape index (κ2) is 8.52. The Bertz CT molecular complexity index is 1490. The van der Waals surface area contributed by atoms with Gasteiger partial charge in [-0.3, -0.25) is 4.57 Å². The van der Waals surface area contributed by atoms with E-state index in [0.29, 0.717) is 17.3 Å². The second-order valence-corrected chi connectivity index (χ2v) is 9.58. The van der Waals surface area contributed by atoms with E-state index in [1.165, 1.54) is 42.6 Å². The quantitative estimate of drug-likeness (QED) is 0.313. The molecule has 0 bridgehead atoms. The Morgan fingerprint density at radius 2 is 1.54 bits per heavy atom. The lowest BCUT2D eigenvalue weighted by Gasteiger charge is -2.14. The SMILES string of the molecule is CS(=O)(=O)c1cccc(-c2ccc(-n3cc(C(F)(F)F)nc3-c3ccccc3C(F)(F)F)nc2)c1. The molecule has 2 aromatic heterocycles. The Morgan fingerprint density at radius 1 is 0.829 bits per heavy atom. The Kier molecular flexibility index (Phi) is 5.95. The summed E-state index contributed by atoms with van der Waals surface area (Å²) in [4.78, 5) is 7.63. The largest absolute Gasteiger partial charge is 0.434 e. The van der Waals surface area contributed by atoms with E-state index in [4.69, 9.17) is 0 Å². The third-order valence-corrected chi connectivity index (χ3v) is 6.17. The molecule has 5 nitrogen and oxygen atoms in total. The average Bonchev–Trinajstić information content (AvgIpc) is 3.24. The van der Waals surface area contributed by atoms with E-state index in [1.54, 1.807) is 6.07 Å². The van der Waals surface area contributed by atoms with Crippen molar-refractivity contribution >= 4 is 9.84 Å². The highest BCUT2D eigenvalue weighted by molar-refractivity contribution is 7.90. The van der Waals surface area contributed by atoms with Gasteiger partial charge in [-0.05, 0) is 35.9 Å². The minimum absolute atomic E-state index is 0.0644. The minimum atomic E-state index is -4.90. The topological polar surface area (TPSA) is 64.8 Å². The summed E-state index contributed by atoms with van der Waals surface area (Å²) in [6.45, 7) is 0. The molecule has 0 spiro atoms. The van der Waals surface area contributed by atoms with Crippen LogP contribution in [-0.2, 0) is 22.2 Å². The molecule has 0 saturated heterocycles. The van der Waals surface area contributed by atoms with Crippen LogP contribution in [0.5, 0.6) is 0 Å². The lowest BCUT2D eigenvalue weighted by molar-refractivity contribution is -0.140. The van der Waals surface area contributed by atoms with Gasteiger partial charge >= 0.3 is 12.4 Å². The molecule has 4 aromatic rings. The van der Waals surface area contributed by atoms with E-state index in [-0.39, 0.29) is 10.7 Å². The highest BCUT2D eigenvalue weighted by Crippen LogP contribution is 2.39. The fourth-order valence-corrected chi connectivity index (χ4v) is 4.08. The van der Waals surface area contributed by atoms with Gasteiger partial charge in [0.15, 0.2) is 15.5 Å². The number of sulfone groups is 1. The van der Waals surface area contributed by atoms with Gasteiger partial charge in [-0.15, -0.1) is 0 Å². The van der Waals surface area contributed by atoms with Gasteiger partial charge < -0.3 is 0 Å². The van der Waals surface area contributed by atoms with Gasteiger partial charge in [-0.25, -0.2) is 18.4 Å². The number of nitrogens with zero attached hydrogens (tertiary/aromatic N) is 3. The van der Waals surface area contributed by atoms with Crippen LogP contribution < -0.4 is 0 Å². The Morgan fingerprint density at radius 3 is 2.14 bits per heavy atom. The second-order valence-electron chi connectivity index (χ2n) is 7.57. The molecule has 0 aliphatic heterocycles. The maximum atomic E-state index is 13.5. The van der Waals surface area contributed by atoms with Crippen LogP contribution in [0.4, 0.5) is 26.3 Å². The monoisotopic (exact) mass is 511 g/mol. The van der Waals surface area contributed by atoms with Gasteiger partial charge in [0.2, 0.25) is 0 Å². The molecule has 2 heterocycles. The van der Waals surface area contributed by atoms with Crippen LogP contribution >= 0.6 is 0 Å². The van der Waals surface area contributed by atoms with E-state index in [2.05, 4.69) is 9.97 Å². The predicted octanol–water partition coefficient (Wildman–Crippen LogP) is 6.04. The Hall–Kier alpha value is -3.67. The first kappa shape index (κ1) is 24.5. The van der Waals surface area contributed by atoms with Gasteiger partial charge in [-0.1, -0.05) is 30.3 Å². The summed E-state index contributed by atoms with van der Waals surface area (Å²) in [6, 6.07) is 12.9. The minimum Gasteiger partial charge on any atom is -0.283 e. The average molecular weight is 511 g/mol. The van der Waals surface area contributed by atoms with Crippen LogP contribution in [0.25, 0.3) is 28.3 Å². The number of imidazole rings is 1. The van der Waals surface area contributed by atoms with Crippen molar-refractivity contribution in [3.8, 4) is 28.3 Å². The fraction of sp³-hybridized carbons (Fsp3) is 0.130. The number of hydrogen-bond acceptors (Lipinski definition) is 4. The molecule has 0 N–H and O–H groups in total. The van der Waals surface area contributed by atoms with Crippen LogP contribution in [0.2, 0.25) is 0 Å². The lowest BCUT2D eigenvalue weighted by atomic mass is 10.1. The first-order valence-electron chi connectivity index (χ1n) is 9.85. The van der Waals surface area contributed by atoms with Gasteiger partial charge in [0.25, 0.3) is 0 Å². The van der Waals surface area contributed by atoms with Crippen molar-refractivity contribution in [2.45, 2.75) is 17.2 Å². The van der Waals surface area contributed by atoms with Gasteiger partial charge in [-0.2, -0.15) is 26.3 Å². The molecule has 0 fully saturated rings.